The van der Waals surface area contributed by atoms with Crippen LogP contribution in [-0.2, 0) is 50.0 Å². The second-order valence-corrected chi connectivity index (χ2v) is 10.2. The van der Waals surface area contributed by atoms with E-state index in [1.54, 1.807) is 7.11 Å². The Labute approximate surface area is 243 Å². The van der Waals surface area contributed by atoms with E-state index in [-0.39, 0.29) is 12.1 Å². The van der Waals surface area contributed by atoms with Crippen LogP contribution in [0.1, 0.15) is 22.3 Å². The van der Waals surface area contributed by atoms with Crippen molar-refractivity contribution < 1.29 is 23.7 Å². The molecule has 0 aliphatic carbocycles. The molecule has 0 radical (unpaired) electrons. The molecule has 0 saturated carbocycles. The molecule has 1 heterocycles. The lowest BCUT2D eigenvalue weighted by atomic mass is 9.95. The summed E-state index contributed by atoms with van der Waals surface area (Å²) in [6.07, 6.45) is -1.73. The number of methoxy groups -OCH3 is 1. The highest BCUT2D eigenvalue weighted by molar-refractivity contribution is 5.17. The van der Waals surface area contributed by atoms with Crippen LogP contribution in [-0.4, -0.2) is 44.4 Å². The topological polar surface area (TPSA) is 58.2 Å². The van der Waals surface area contributed by atoms with Gasteiger partial charge in [-0.05, 0) is 22.3 Å². The Morgan fingerprint density at radius 1 is 0.585 bits per heavy atom. The average molecular weight is 554 g/mol. The number of rotatable bonds is 14. The van der Waals surface area contributed by atoms with Gasteiger partial charge in [-0.3, -0.25) is 0 Å². The maximum Gasteiger partial charge on any atom is 0.175 e. The molecular weight excluding hydrogens is 514 g/mol. The van der Waals surface area contributed by atoms with Crippen LogP contribution in [0.25, 0.3) is 0 Å². The van der Waals surface area contributed by atoms with Gasteiger partial charge < -0.3 is 29.0 Å². The Hall–Kier alpha value is -3.36. The van der Waals surface area contributed by atoms with E-state index in [1.165, 1.54) is 5.56 Å². The fourth-order valence-electron chi connectivity index (χ4n) is 5.09. The summed E-state index contributed by atoms with van der Waals surface area (Å²) in [6.45, 7) is 2.33. The zero-order valence-corrected chi connectivity index (χ0v) is 23.5. The van der Waals surface area contributed by atoms with Gasteiger partial charge in [0.25, 0.3) is 0 Å². The number of nitrogens with one attached hydrogen (secondary N) is 1. The molecule has 1 saturated heterocycles. The van der Waals surface area contributed by atoms with Crippen LogP contribution in [0.2, 0.25) is 0 Å². The molecule has 0 bridgehead atoms. The van der Waals surface area contributed by atoms with Crippen molar-refractivity contribution in [3.8, 4) is 0 Å². The van der Waals surface area contributed by atoms with Crippen molar-refractivity contribution in [1.29, 1.82) is 0 Å². The Morgan fingerprint density at radius 3 is 1.56 bits per heavy atom. The van der Waals surface area contributed by atoms with Crippen LogP contribution in [0.3, 0.4) is 0 Å². The lowest BCUT2D eigenvalue weighted by Gasteiger charge is -2.46. The van der Waals surface area contributed by atoms with Gasteiger partial charge >= 0.3 is 0 Å². The summed E-state index contributed by atoms with van der Waals surface area (Å²) in [7, 11) is 1.67. The minimum Gasteiger partial charge on any atom is -0.374 e. The lowest BCUT2D eigenvalue weighted by molar-refractivity contribution is -0.285. The van der Waals surface area contributed by atoms with Crippen LogP contribution in [0.4, 0.5) is 0 Å². The Bertz CT molecular complexity index is 1260. The molecule has 5 atom stereocenters. The first-order valence-corrected chi connectivity index (χ1v) is 14.2. The number of ether oxygens (including phenoxy) is 5. The molecule has 1 unspecified atom stereocenters. The first-order valence-electron chi connectivity index (χ1n) is 14.2. The molecule has 0 aromatic heterocycles. The van der Waals surface area contributed by atoms with Crippen LogP contribution >= 0.6 is 0 Å². The van der Waals surface area contributed by atoms with Gasteiger partial charge in [0.1, 0.15) is 18.3 Å². The van der Waals surface area contributed by atoms with Gasteiger partial charge in [-0.1, -0.05) is 121 Å². The molecule has 6 heteroatoms. The highest BCUT2D eigenvalue weighted by atomic mass is 16.7. The quantitative estimate of drug-likeness (QED) is 0.210. The first kappa shape index (κ1) is 29.1. The fraction of sp³-hybridized carbons (Fsp3) is 0.314. The van der Waals surface area contributed by atoms with Crippen molar-refractivity contribution in [2.24, 2.45) is 0 Å². The van der Waals surface area contributed by atoms with Crippen molar-refractivity contribution in [2.75, 3.05) is 13.7 Å². The average Bonchev–Trinajstić information content (AvgIpc) is 3.04. The summed E-state index contributed by atoms with van der Waals surface area (Å²) in [5.41, 5.74) is 4.45. The van der Waals surface area contributed by atoms with Crippen molar-refractivity contribution in [3.63, 3.8) is 0 Å². The molecule has 1 aliphatic rings. The van der Waals surface area contributed by atoms with Crippen LogP contribution < -0.4 is 5.32 Å². The van der Waals surface area contributed by atoms with Gasteiger partial charge in [-0.2, -0.15) is 0 Å². The second kappa shape index (κ2) is 15.6. The van der Waals surface area contributed by atoms with E-state index in [4.69, 9.17) is 23.7 Å². The Balaban J connectivity index is 1.38. The van der Waals surface area contributed by atoms with Gasteiger partial charge in [0.15, 0.2) is 6.29 Å². The molecule has 1 N–H and O–H groups in total. The Morgan fingerprint density at radius 2 is 1.05 bits per heavy atom. The zero-order valence-electron chi connectivity index (χ0n) is 23.5. The molecule has 41 heavy (non-hydrogen) atoms. The smallest absolute Gasteiger partial charge is 0.175 e. The predicted molar refractivity (Wildman–Crippen MR) is 159 cm³/mol. The first-order chi connectivity index (χ1) is 20.3. The fourth-order valence-corrected chi connectivity index (χ4v) is 5.09. The zero-order chi connectivity index (χ0) is 28.1. The number of hydrogen-bond acceptors (Lipinski definition) is 6. The summed E-state index contributed by atoms with van der Waals surface area (Å²) in [5, 5.41) is 3.66. The van der Waals surface area contributed by atoms with E-state index in [2.05, 4.69) is 53.8 Å². The summed E-state index contributed by atoms with van der Waals surface area (Å²) in [6, 6.07) is 40.5. The lowest BCUT2D eigenvalue weighted by Crippen LogP contribution is -2.65. The monoisotopic (exact) mass is 553 g/mol. The molecule has 5 rings (SSSR count). The van der Waals surface area contributed by atoms with Gasteiger partial charge in [0, 0.05) is 13.7 Å². The highest BCUT2D eigenvalue weighted by Gasteiger charge is 2.47. The van der Waals surface area contributed by atoms with Gasteiger partial charge in [-0.15, -0.1) is 0 Å². The highest BCUT2D eigenvalue weighted by Crippen LogP contribution is 2.29. The van der Waals surface area contributed by atoms with E-state index in [0.717, 1.165) is 16.7 Å². The van der Waals surface area contributed by atoms with Crippen molar-refractivity contribution in [2.45, 2.75) is 57.0 Å². The summed E-state index contributed by atoms with van der Waals surface area (Å²) in [5.74, 6) is 0. The number of hydrogen-bond donors (Lipinski definition) is 1. The molecule has 4 aromatic carbocycles. The largest absolute Gasteiger partial charge is 0.374 e. The molecule has 4 aromatic rings. The van der Waals surface area contributed by atoms with Crippen molar-refractivity contribution in [3.05, 3.63) is 144 Å². The SMILES string of the molecule is COC1O[C@H](COCc2ccccc2)[C@H](OCc2ccccc2)[C@H](OCc2ccccc2)[C@H]1NCc1ccccc1. The predicted octanol–water partition coefficient (Wildman–Crippen LogP) is 5.90. The van der Waals surface area contributed by atoms with E-state index >= 15 is 0 Å². The molecule has 6 nitrogen and oxygen atoms in total. The Kier molecular flexibility index (Phi) is 11.1. The van der Waals surface area contributed by atoms with Gasteiger partial charge in [-0.25, -0.2) is 0 Å². The van der Waals surface area contributed by atoms with E-state index in [0.29, 0.717) is 33.0 Å². The van der Waals surface area contributed by atoms with Crippen molar-refractivity contribution in [1.82, 2.24) is 5.32 Å². The minimum absolute atomic E-state index is 0.282. The third-order valence-electron chi connectivity index (χ3n) is 7.23. The van der Waals surface area contributed by atoms with Crippen LogP contribution in [0.5, 0.6) is 0 Å². The third-order valence-corrected chi connectivity index (χ3v) is 7.23. The van der Waals surface area contributed by atoms with E-state index < -0.39 is 18.5 Å². The standard InChI is InChI=1S/C35H39NO5/c1-37-35-32(36-22-27-14-6-2-7-15-27)34(40-25-30-20-12-5-13-21-30)33(39-24-29-18-10-4-11-19-29)31(41-35)26-38-23-28-16-8-3-9-17-28/h2-21,31-36H,22-26H2,1H3/t31-,32-,33+,34-,35?/m1/s1. The molecule has 0 amide bonds. The van der Waals surface area contributed by atoms with E-state index in [1.807, 2.05) is 72.8 Å². The molecular formula is C35H39NO5. The maximum atomic E-state index is 6.70. The summed E-state index contributed by atoms with van der Waals surface area (Å²) in [4.78, 5) is 0. The van der Waals surface area contributed by atoms with Crippen molar-refractivity contribution >= 4 is 0 Å². The summed E-state index contributed by atoms with van der Waals surface area (Å²) >= 11 is 0. The van der Waals surface area contributed by atoms with Crippen LogP contribution in [0, 0.1) is 0 Å². The van der Waals surface area contributed by atoms with E-state index in [9.17, 15) is 0 Å². The maximum absolute atomic E-state index is 6.70. The molecule has 0 spiro atoms. The second-order valence-electron chi connectivity index (χ2n) is 10.2. The normalized spacial score (nSPS) is 22.4. The van der Waals surface area contributed by atoms with Gasteiger partial charge in [0.2, 0.25) is 0 Å². The van der Waals surface area contributed by atoms with Crippen LogP contribution in [0.15, 0.2) is 121 Å². The molecule has 1 aliphatic heterocycles. The molecule has 1 fully saturated rings. The number of benzene rings is 4. The molecule has 214 valence electrons. The minimum atomic E-state index is -0.554. The van der Waals surface area contributed by atoms with Gasteiger partial charge in [0.05, 0.1) is 32.5 Å². The summed E-state index contributed by atoms with van der Waals surface area (Å²) < 4.78 is 32.0. The third kappa shape index (κ3) is 8.57.